The van der Waals surface area contributed by atoms with Gasteiger partial charge in [-0.1, -0.05) is 12.8 Å². The zero-order chi connectivity index (χ0) is 23.8. The van der Waals surface area contributed by atoms with E-state index in [0.29, 0.717) is 16.6 Å². The van der Waals surface area contributed by atoms with Crippen molar-refractivity contribution in [2.24, 2.45) is 4.99 Å². The SMILES string of the molecule is CC(=O)c1c(C)c2cnc(/N=c3\ccc(N4CCNCC4)cn3O)nc2n(C2CCCC2)c1=O.Cl. The number of nitrogens with zero attached hydrogens (tertiary/aromatic N) is 6. The molecule has 0 radical (unpaired) electrons. The lowest BCUT2D eigenvalue weighted by molar-refractivity contribution is 0.101. The number of pyridine rings is 2. The van der Waals surface area contributed by atoms with E-state index in [1.54, 1.807) is 30.0 Å². The number of Topliss-reactive ketones (excluding diaryl/α,β-unsaturated/α-hetero) is 1. The van der Waals surface area contributed by atoms with Gasteiger partial charge in [-0.05, 0) is 44.4 Å². The van der Waals surface area contributed by atoms with Crippen LogP contribution in [0.25, 0.3) is 11.0 Å². The second kappa shape index (κ2) is 10.2. The first-order valence-electron chi connectivity index (χ1n) is 11.8. The molecule has 10 nitrogen and oxygen atoms in total. The average Bonchev–Trinajstić information content (AvgIpc) is 3.35. The van der Waals surface area contributed by atoms with E-state index in [4.69, 9.17) is 0 Å². The van der Waals surface area contributed by atoms with Gasteiger partial charge in [-0.2, -0.15) is 14.7 Å². The third kappa shape index (κ3) is 4.68. The van der Waals surface area contributed by atoms with E-state index >= 15 is 0 Å². The van der Waals surface area contributed by atoms with Gasteiger partial charge >= 0.3 is 0 Å². The van der Waals surface area contributed by atoms with Crippen LogP contribution in [-0.2, 0) is 0 Å². The Balaban J connectivity index is 0.00000289. The monoisotopic (exact) mass is 499 g/mol. The number of aromatic nitrogens is 4. The highest BCUT2D eigenvalue weighted by Crippen LogP contribution is 2.32. The summed E-state index contributed by atoms with van der Waals surface area (Å²) < 4.78 is 2.63. The topological polar surface area (TPSA) is 118 Å². The third-order valence-corrected chi connectivity index (χ3v) is 6.83. The Hall–Kier alpha value is -3.24. The molecule has 11 heteroatoms. The van der Waals surface area contributed by atoms with Gasteiger partial charge in [0.15, 0.2) is 11.3 Å². The summed E-state index contributed by atoms with van der Waals surface area (Å²) in [6.07, 6.45) is 7.06. The lowest BCUT2D eigenvalue weighted by atomic mass is 10.0. The number of rotatable bonds is 4. The number of halogens is 1. The first-order valence-corrected chi connectivity index (χ1v) is 11.8. The number of piperazine rings is 1. The first-order chi connectivity index (χ1) is 16.4. The molecule has 0 atom stereocenters. The molecule has 4 heterocycles. The van der Waals surface area contributed by atoms with Crippen LogP contribution in [-0.4, -0.2) is 56.4 Å². The van der Waals surface area contributed by atoms with Crippen molar-refractivity contribution in [1.82, 2.24) is 24.6 Å². The highest BCUT2D eigenvalue weighted by Gasteiger charge is 2.25. The van der Waals surface area contributed by atoms with E-state index in [9.17, 15) is 14.8 Å². The number of nitrogens with one attached hydrogen (secondary N) is 1. The summed E-state index contributed by atoms with van der Waals surface area (Å²) in [6.45, 7) is 6.71. The summed E-state index contributed by atoms with van der Waals surface area (Å²) in [4.78, 5) is 41.2. The zero-order valence-electron chi connectivity index (χ0n) is 19.9. The van der Waals surface area contributed by atoms with Crippen LogP contribution in [0.4, 0.5) is 11.6 Å². The van der Waals surface area contributed by atoms with Crippen molar-refractivity contribution in [3.63, 3.8) is 0 Å². The van der Waals surface area contributed by atoms with E-state index in [0.717, 1.165) is 62.3 Å². The number of fused-ring (bicyclic) bond motifs is 1. The molecule has 0 unspecified atom stereocenters. The Morgan fingerprint density at radius 1 is 1.20 bits per heavy atom. The van der Waals surface area contributed by atoms with Crippen LogP contribution in [0.15, 0.2) is 34.3 Å². The molecule has 2 fully saturated rings. The van der Waals surface area contributed by atoms with E-state index in [1.807, 2.05) is 6.07 Å². The molecule has 1 aliphatic carbocycles. The number of anilines is 1. The van der Waals surface area contributed by atoms with Gasteiger partial charge in [0, 0.05) is 43.8 Å². The Morgan fingerprint density at radius 3 is 2.57 bits per heavy atom. The molecule has 0 spiro atoms. The standard InChI is InChI=1S/C24H29N7O3.ClH/c1-15-19-13-26-24(27-20-8-7-18(14-30(20)34)29-11-9-25-10-12-29)28-22(19)31(17-5-3-4-6-17)23(33)21(15)16(2)32;/h7-8,13-14,17,25,34H,3-6,9-12H2,1-2H3;1H/b27-20+;. The number of carbonyl (C=O) groups excluding carboxylic acids is 1. The minimum Gasteiger partial charge on any atom is -0.427 e. The smallest absolute Gasteiger partial charge is 0.263 e. The molecular formula is C24H30ClN7O3. The molecule has 186 valence electrons. The van der Waals surface area contributed by atoms with E-state index in [2.05, 4.69) is 25.2 Å². The van der Waals surface area contributed by atoms with Gasteiger partial charge in [0.1, 0.15) is 5.65 Å². The fraction of sp³-hybridized carbons (Fsp3) is 0.458. The van der Waals surface area contributed by atoms with Crippen molar-refractivity contribution >= 4 is 40.9 Å². The number of hydrogen-bond acceptors (Lipinski definition) is 8. The summed E-state index contributed by atoms with van der Waals surface area (Å²) in [5.41, 5.74) is 2.16. The van der Waals surface area contributed by atoms with Gasteiger partial charge in [0.05, 0.1) is 17.4 Å². The number of hydrogen-bond donors (Lipinski definition) is 2. The largest absolute Gasteiger partial charge is 0.427 e. The molecule has 1 saturated carbocycles. The molecule has 3 aromatic heterocycles. The van der Waals surface area contributed by atoms with Crippen molar-refractivity contribution in [1.29, 1.82) is 0 Å². The van der Waals surface area contributed by atoms with Crippen LogP contribution in [0.2, 0.25) is 0 Å². The van der Waals surface area contributed by atoms with Crippen LogP contribution in [0.5, 0.6) is 0 Å². The van der Waals surface area contributed by atoms with Gasteiger partial charge in [0.25, 0.3) is 11.5 Å². The minimum absolute atomic E-state index is 0. The Kier molecular flexibility index (Phi) is 7.23. The van der Waals surface area contributed by atoms with Crippen LogP contribution < -0.4 is 21.3 Å². The fourth-order valence-corrected chi connectivity index (χ4v) is 5.07. The van der Waals surface area contributed by atoms with Crippen LogP contribution >= 0.6 is 12.4 Å². The quantitative estimate of drug-likeness (QED) is 0.418. The average molecular weight is 500 g/mol. The van der Waals surface area contributed by atoms with Crippen molar-refractivity contribution in [2.75, 3.05) is 31.1 Å². The molecule has 0 amide bonds. The number of ketones is 1. The number of carbonyl (C=O) groups is 1. The molecule has 3 aromatic rings. The van der Waals surface area contributed by atoms with Crippen molar-refractivity contribution < 1.29 is 10.0 Å². The molecular weight excluding hydrogens is 470 g/mol. The van der Waals surface area contributed by atoms with Crippen molar-refractivity contribution in [3.8, 4) is 0 Å². The van der Waals surface area contributed by atoms with E-state index in [1.165, 1.54) is 6.92 Å². The molecule has 35 heavy (non-hydrogen) atoms. The number of aryl methyl sites for hydroxylation is 1. The second-order valence-corrected chi connectivity index (χ2v) is 9.02. The van der Waals surface area contributed by atoms with Crippen molar-refractivity contribution in [3.05, 3.63) is 51.5 Å². The van der Waals surface area contributed by atoms with E-state index in [-0.39, 0.29) is 46.8 Å². The maximum atomic E-state index is 13.3. The Labute approximate surface area is 208 Å². The van der Waals surface area contributed by atoms with Gasteiger partial charge in [-0.15, -0.1) is 12.4 Å². The van der Waals surface area contributed by atoms with Gasteiger partial charge in [-0.25, -0.2) is 4.98 Å². The predicted molar refractivity (Wildman–Crippen MR) is 135 cm³/mol. The lowest BCUT2D eigenvalue weighted by Gasteiger charge is -2.29. The highest BCUT2D eigenvalue weighted by molar-refractivity contribution is 5.99. The molecule has 0 bridgehead atoms. The second-order valence-electron chi connectivity index (χ2n) is 9.02. The van der Waals surface area contributed by atoms with Crippen LogP contribution in [0, 0.1) is 6.92 Å². The first kappa shape index (κ1) is 24.9. The Morgan fingerprint density at radius 2 is 1.91 bits per heavy atom. The predicted octanol–water partition coefficient (Wildman–Crippen LogP) is 2.52. The minimum atomic E-state index is -0.299. The van der Waals surface area contributed by atoms with Gasteiger partial charge in [0.2, 0.25) is 0 Å². The lowest BCUT2D eigenvalue weighted by Crippen LogP contribution is -2.43. The molecule has 2 aliphatic rings. The summed E-state index contributed by atoms with van der Waals surface area (Å²) in [5.74, 6) is -0.109. The molecule has 1 aliphatic heterocycles. The molecule has 0 aromatic carbocycles. The third-order valence-electron chi connectivity index (χ3n) is 6.83. The summed E-state index contributed by atoms with van der Waals surface area (Å²) in [5, 5.41) is 14.5. The van der Waals surface area contributed by atoms with Gasteiger partial charge in [-0.3, -0.25) is 14.2 Å². The van der Waals surface area contributed by atoms with Crippen LogP contribution in [0.3, 0.4) is 0 Å². The Bertz CT molecular complexity index is 1390. The normalized spacial score (nSPS) is 17.1. The molecule has 5 rings (SSSR count). The summed E-state index contributed by atoms with van der Waals surface area (Å²) in [7, 11) is 0. The zero-order valence-corrected chi connectivity index (χ0v) is 20.7. The van der Waals surface area contributed by atoms with Crippen molar-refractivity contribution in [2.45, 2.75) is 45.6 Å². The fourth-order valence-electron chi connectivity index (χ4n) is 5.07. The summed E-state index contributed by atoms with van der Waals surface area (Å²) in [6, 6.07) is 3.63. The molecule has 1 saturated heterocycles. The van der Waals surface area contributed by atoms with Gasteiger partial charge < -0.3 is 15.4 Å². The van der Waals surface area contributed by atoms with E-state index < -0.39 is 0 Å². The van der Waals surface area contributed by atoms with Crippen LogP contribution in [0.1, 0.15) is 54.6 Å². The molecule has 2 N–H and O–H groups in total. The maximum absolute atomic E-state index is 13.3. The summed E-state index contributed by atoms with van der Waals surface area (Å²) >= 11 is 0. The highest BCUT2D eigenvalue weighted by atomic mass is 35.5. The maximum Gasteiger partial charge on any atom is 0.263 e.